The average molecular weight is 328 g/mol. The summed E-state index contributed by atoms with van der Waals surface area (Å²) in [4.78, 5) is 11.8. The largest absolute Gasteiger partial charge is 0.489 e. The van der Waals surface area contributed by atoms with E-state index in [2.05, 4.69) is 0 Å². The van der Waals surface area contributed by atoms with Gasteiger partial charge in [0.1, 0.15) is 24.5 Å². The predicted molar refractivity (Wildman–Crippen MR) is 89.6 cm³/mol. The molecular weight excluding hydrogens is 307 g/mol. The van der Waals surface area contributed by atoms with Crippen molar-refractivity contribution in [3.8, 4) is 5.75 Å². The molecular formula is C20H21FO3. The van der Waals surface area contributed by atoms with Crippen LogP contribution in [0.5, 0.6) is 5.75 Å². The molecule has 2 atom stereocenters. The predicted octanol–water partition coefficient (Wildman–Crippen LogP) is 4.04. The first-order valence-electron chi connectivity index (χ1n) is 8.17. The van der Waals surface area contributed by atoms with Crippen molar-refractivity contribution in [3.05, 3.63) is 65.5 Å². The van der Waals surface area contributed by atoms with Gasteiger partial charge in [-0.05, 0) is 43.0 Å². The molecule has 24 heavy (non-hydrogen) atoms. The van der Waals surface area contributed by atoms with Crippen LogP contribution < -0.4 is 4.74 Å². The number of hydrogen-bond donors (Lipinski definition) is 0. The number of carbonyl (C=O) groups excluding carboxylic acids is 1. The molecule has 1 saturated heterocycles. The number of benzene rings is 2. The lowest BCUT2D eigenvalue weighted by molar-refractivity contribution is -0.118. The zero-order chi connectivity index (χ0) is 17.0. The molecule has 1 aliphatic rings. The summed E-state index contributed by atoms with van der Waals surface area (Å²) in [6, 6.07) is 14.3. The van der Waals surface area contributed by atoms with Gasteiger partial charge in [0.15, 0.2) is 0 Å². The Morgan fingerprint density at radius 2 is 2.08 bits per heavy atom. The van der Waals surface area contributed by atoms with E-state index in [4.69, 9.17) is 9.47 Å². The quantitative estimate of drug-likeness (QED) is 0.777. The zero-order valence-corrected chi connectivity index (χ0v) is 13.7. The second kappa shape index (κ2) is 7.14. The molecule has 0 radical (unpaired) electrons. The maximum Gasteiger partial charge on any atom is 0.130 e. The average Bonchev–Trinajstić information content (AvgIpc) is 2.60. The van der Waals surface area contributed by atoms with Crippen molar-refractivity contribution in [1.82, 2.24) is 0 Å². The SMILES string of the molecule is C[C@H]1C[C@](C=O)(c2cc(F)cc(OCc3ccccc3)c2)CCO1. The van der Waals surface area contributed by atoms with E-state index < -0.39 is 11.2 Å². The highest BCUT2D eigenvalue weighted by Gasteiger charge is 2.37. The Hall–Kier alpha value is -2.20. The number of aldehydes is 1. The second-order valence-electron chi connectivity index (χ2n) is 6.36. The fourth-order valence-corrected chi connectivity index (χ4v) is 3.23. The van der Waals surface area contributed by atoms with Crippen molar-refractivity contribution >= 4 is 6.29 Å². The highest BCUT2D eigenvalue weighted by atomic mass is 19.1. The van der Waals surface area contributed by atoms with Gasteiger partial charge < -0.3 is 14.3 Å². The third-order valence-electron chi connectivity index (χ3n) is 4.52. The molecule has 0 aromatic heterocycles. The smallest absolute Gasteiger partial charge is 0.130 e. The Kier molecular flexibility index (Phi) is 4.95. The van der Waals surface area contributed by atoms with Crippen molar-refractivity contribution < 1.29 is 18.7 Å². The summed E-state index contributed by atoms with van der Waals surface area (Å²) in [6.07, 6.45) is 2.02. The van der Waals surface area contributed by atoms with Crippen LogP contribution in [0.2, 0.25) is 0 Å². The molecule has 0 saturated carbocycles. The van der Waals surface area contributed by atoms with Crippen molar-refractivity contribution in [3.63, 3.8) is 0 Å². The Bertz CT molecular complexity index is 701. The van der Waals surface area contributed by atoms with Crippen LogP contribution in [0.15, 0.2) is 48.5 Å². The van der Waals surface area contributed by atoms with E-state index >= 15 is 0 Å². The minimum Gasteiger partial charge on any atom is -0.489 e. The molecule has 3 rings (SSSR count). The molecule has 4 heteroatoms. The minimum atomic E-state index is -0.704. The van der Waals surface area contributed by atoms with E-state index in [1.165, 1.54) is 12.1 Å². The fraction of sp³-hybridized carbons (Fsp3) is 0.350. The zero-order valence-electron chi connectivity index (χ0n) is 13.7. The maximum atomic E-state index is 14.1. The lowest BCUT2D eigenvalue weighted by Gasteiger charge is -2.36. The first kappa shape index (κ1) is 16.7. The Morgan fingerprint density at radius 3 is 2.79 bits per heavy atom. The molecule has 0 unspecified atom stereocenters. The Balaban J connectivity index is 1.84. The molecule has 0 amide bonds. The van der Waals surface area contributed by atoms with E-state index in [0.717, 1.165) is 11.8 Å². The lowest BCUT2D eigenvalue weighted by atomic mass is 9.73. The minimum absolute atomic E-state index is 0.0269. The molecule has 2 aromatic rings. The van der Waals surface area contributed by atoms with E-state index in [1.807, 2.05) is 37.3 Å². The summed E-state index contributed by atoms with van der Waals surface area (Å²) in [5, 5.41) is 0. The van der Waals surface area contributed by atoms with Gasteiger partial charge >= 0.3 is 0 Å². The molecule has 0 bridgehead atoms. The summed E-state index contributed by atoms with van der Waals surface area (Å²) >= 11 is 0. The van der Waals surface area contributed by atoms with E-state index in [-0.39, 0.29) is 6.10 Å². The Labute approximate surface area is 141 Å². The van der Waals surface area contributed by atoms with Crippen LogP contribution in [0.4, 0.5) is 4.39 Å². The molecule has 1 fully saturated rings. The molecule has 0 spiro atoms. The summed E-state index contributed by atoms with van der Waals surface area (Å²) in [5.41, 5.74) is 0.966. The van der Waals surface area contributed by atoms with Crippen molar-refractivity contribution in [1.29, 1.82) is 0 Å². The van der Waals surface area contributed by atoms with Gasteiger partial charge in [-0.1, -0.05) is 30.3 Å². The van der Waals surface area contributed by atoms with Crippen molar-refractivity contribution in [2.45, 2.75) is 37.9 Å². The van der Waals surface area contributed by atoms with Crippen LogP contribution in [-0.2, 0) is 21.6 Å². The van der Waals surface area contributed by atoms with Gasteiger partial charge in [-0.3, -0.25) is 0 Å². The third-order valence-corrected chi connectivity index (χ3v) is 4.52. The highest BCUT2D eigenvalue weighted by molar-refractivity contribution is 5.69. The summed E-state index contributed by atoms with van der Waals surface area (Å²) < 4.78 is 25.4. The van der Waals surface area contributed by atoms with Gasteiger partial charge in [0.25, 0.3) is 0 Å². The van der Waals surface area contributed by atoms with Crippen LogP contribution in [0.1, 0.15) is 30.9 Å². The summed E-state index contributed by atoms with van der Waals surface area (Å²) in [7, 11) is 0. The van der Waals surface area contributed by atoms with Crippen LogP contribution in [0.3, 0.4) is 0 Å². The summed E-state index contributed by atoms with van der Waals surface area (Å²) in [5.74, 6) is 0.0464. The van der Waals surface area contributed by atoms with Crippen LogP contribution in [0.25, 0.3) is 0 Å². The molecule has 1 aliphatic heterocycles. The maximum absolute atomic E-state index is 14.1. The van der Waals surface area contributed by atoms with Crippen LogP contribution in [0, 0.1) is 5.82 Å². The van der Waals surface area contributed by atoms with Gasteiger partial charge in [-0.15, -0.1) is 0 Å². The fourth-order valence-electron chi connectivity index (χ4n) is 3.23. The number of hydrogen-bond acceptors (Lipinski definition) is 3. The molecule has 0 aliphatic carbocycles. The molecule has 126 valence electrons. The lowest BCUT2D eigenvalue weighted by Crippen LogP contribution is -2.39. The normalized spacial score (nSPS) is 23.7. The first-order valence-corrected chi connectivity index (χ1v) is 8.17. The van der Waals surface area contributed by atoms with Gasteiger partial charge in [-0.25, -0.2) is 4.39 Å². The van der Waals surface area contributed by atoms with E-state index in [0.29, 0.717) is 37.4 Å². The number of halogens is 1. The van der Waals surface area contributed by atoms with Gasteiger partial charge in [0.2, 0.25) is 0 Å². The number of rotatable bonds is 5. The molecule has 2 aromatic carbocycles. The first-order chi connectivity index (χ1) is 11.6. The number of ether oxygens (including phenoxy) is 2. The monoisotopic (exact) mass is 328 g/mol. The van der Waals surface area contributed by atoms with Crippen molar-refractivity contribution in [2.75, 3.05) is 6.61 Å². The second-order valence-corrected chi connectivity index (χ2v) is 6.36. The van der Waals surface area contributed by atoms with Crippen molar-refractivity contribution in [2.24, 2.45) is 0 Å². The van der Waals surface area contributed by atoms with Gasteiger partial charge in [0.05, 0.1) is 11.5 Å². The highest BCUT2D eigenvalue weighted by Crippen LogP contribution is 2.37. The van der Waals surface area contributed by atoms with E-state index in [9.17, 15) is 9.18 Å². The standard InChI is InChI=1S/C20H21FO3/c1-15-12-20(14-22,7-8-23-15)17-9-18(21)11-19(10-17)24-13-16-5-3-2-4-6-16/h2-6,9-11,14-15H,7-8,12-13H2,1H3/t15-,20+/m0/s1. The third kappa shape index (κ3) is 3.65. The van der Waals surface area contributed by atoms with E-state index in [1.54, 1.807) is 6.07 Å². The molecule has 3 nitrogen and oxygen atoms in total. The summed E-state index contributed by atoms with van der Waals surface area (Å²) in [6.45, 7) is 2.79. The van der Waals surface area contributed by atoms with Crippen LogP contribution >= 0.6 is 0 Å². The molecule has 1 heterocycles. The topological polar surface area (TPSA) is 35.5 Å². The van der Waals surface area contributed by atoms with Gasteiger partial charge in [-0.2, -0.15) is 0 Å². The Morgan fingerprint density at radius 1 is 1.29 bits per heavy atom. The van der Waals surface area contributed by atoms with Gasteiger partial charge in [0, 0.05) is 12.7 Å². The van der Waals surface area contributed by atoms with Crippen LogP contribution in [-0.4, -0.2) is 19.0 Å². The number of carbonyl (C=O) groups is 1. The molecule has 0 N–H and O–H groups in total.